The van der Waals surface area contributed by atoms with Gasteiger partial charge in [0.15, 0.2) is 5.82 Å². The average Bonchev–Trinajstić information content (AvgIpc) is 3.03. The van der Waals surface area contributed by atoms with Crippen molar-refractivity contribution in [3.63, 3.8) is 0 Å². The van der Waals surface area contributed by atoms with Crippen molar-refractivity contribution in [1.82, 2.24) is 14.6 Å². The molecule has 5 N–H and O–H groups in total. The standard InChI is InChI=1S/C12H13N5O4/c13-4-12(10(20)9(19)7(3-18)21-12)8-2-1-6-11(14)15-5-16-17(6)8/h1-2,5,7,9-10,18-20H,3H2,(H2,14,15,16)/t7?,9-,10-,12+/m1/s1. The molecular formula is C12H13N5O4. The molecule has 1 fully saturated rings. The van der Waals surface area contributed by atoms with Gasteiger partial charge >= 0.3 is 0 Å². The quantitative estimate of drug-likeness (QED) is 0.503. The number of aliphatic hydroxyl groups is 3. The minimum Gasteiger partial charge on any atom is -0.394 e. The van der Waals surface area contributed by atoms with Crippen LogP contribution in [-0.2, 0) is 10.3 Å². The molecule has 0 saturated carbocycles. The average molecular weight is 291 g/mol. The fourth-order valence-electron chi connectivity index (χ4n) is 2.56. The predicted octanol–water partition coefficient (Wildman–Crippen LogP) is -1.86. The normalized spacial score (nSPS) is 32.4. The van der Waals surface area contributed by atoms with Crippen LogP contribution in [0.25, 0.3) is 5.52 Å². The maximum Gasteiger partial charge on any atom is 0.225 e. The molecule has 1 aliphatic heterocycles. The molecule has 3 rings (SSSR count). The van der Waals surface area contributed by atoms with Gasteiger partial charge in [-0.25, -0.2) is 9.50 Å². The summed E-state index contributed by atoms with van der Waals surface area (Å²) < 4.78 is 6.75. The second-order valence-electron chi connectivity index (χ2n) is 4.78. The molecule has 1 saturated heterocycles. The number of aliphatic hydroxyl groups excluding tert-OH is 3. The third kappa shape index (κ3) is 1.71. The first-order chi connectivity index (χ1) is 10.0. The summed E-state index contributed by atoms with van der Waals surface area (Å²) in [4.78, 5) is 3.83. The lowest BCUT2D eigenvalue weighted by atomic mass is 9.92. The van der Waals surface area contributed by atoms with E-state index in [1.54, 1.807) is 6.07 Å². The Morgan fingerprint density at radius 3 is 2.86 bits per heavy atom. The van der Waals surface area contributed by atoms with Crippen molar-refractivity contribution in [3.8, 4) is 6.07 Å². The lowest BCUT2D eigenvalue weighted by Gasteiger charge is -2.24. The smallest absolute Gasteiger partial charge is 0.225 e. The van der Waals surface area contributed by atoms with Crippen LogP contribution in [0.4, 0.5) is 5.82 Å². The summed E-state index contributed by atoms with van der Waals surface area (Å²) in [6, 6.07) is 4.97. The molecule has 9 nitrogen and oxygen atoms in total. The molecule has 1 aliphatic rings. The van der Waals surface area contributed by atoms with Crippen LogP contribution in [0.3, 0.4) is 0 Å². The number of nitrogens with zero attached hydrogens (tertiary/aromatic N) is 4. The second kappa shape index (κ2) is 4.64. The number of hydrogen-bond acceptors (Lipinski definition) is 8. The van der Waals surface area contributed by atoms with E-state index in [0.29, 0.717) is 5.52 Å². The summed E-state index contributed by atoms with van der Waals surface area (Å²) in [7, 11) is 0. The first-order valence-electron chi connectivity index (χ1n) is 6.20. The highest BCUT2D eigenvalue weighted by Gasteiger charge is 2.57. The van der Waals surface area contributed by atoms with Crippen molar-refractivity contribution in [2.45, 2.75) is 23.9 Å². The minimum atomic E-state index is -1.85. The molecular weight excluding hydrogens is 278 g/mol. The van der Waals surface area contributed by atoms with Gasteiger partial charge in [0.1, 0.15) is 36.2 Å². The molecule has 0 aromatic carbocycles. The summed E-state index contributed by atoms with van der Waals surface area (Å²) in [5.41, 5.74) is 4.52. The van der Waals surface area contributed by atoms with Crippen molar-refractivity contribution in [1.29, 1.82) is 5.26 Å². The number of rotatable bonds is 2. The summed E-state index contributed by atoms with van der Waals surface area (Å²) in [6.07, 6.45) is -2.78. The van der Waals surface area contributed by atoms with Gasteiger partial charge in [-0.3, -0.25) is 0 Å². The lowest BCUT2D eigenvalue weighted by molar-refractivity contribution is -0.0643. The molecule has 0 spiro atoms. The first kappa shape index (κ1) is 13.7. The molecule has 2 aromatic heterocycles. The van der Waals surface area contributed by atoms with E-state index >= 15 is 0 Å². The molecule has 110 valence electrons. The van der Waals surface area contributed by atoms with Gasteiger partial charge in [-0.15, -0.1) is 0 Å². The zero-order valence-electron chi connectivity index (χ0n) is 10.8. The number of aromatic nitrogens is 3. The number of fused-ring (bicyclic) bond motifs is 1. The third-order valence-corrected chi connectivity index (χ3v) is 3.67. The second-order valence-corrected chi connectivity index (χ2v) is 4.78. The molecule has 0 aliphatic carbocycles. The largest absolute Gasteiger partial charge is 0.394 e. The van der Waals surface area contributed by atoms with Gasteiger partial charge in [0.05, 0.1) is 12.3 Å². The third-order valence-electron chi connectivity index (χ3n) is 3.67. The zero-order chi connectivity index (χ0) is 15.2. The number of anilines is 1. The van der Waals surface area contributed by atoms with Crippen LogP contribution in [0, 0.1) is 11.3 Å². The molecule has 9 heteroatoms. The van der Waals surface area contributed by atoms with Crippen molar-refractivity contribution in [2.24, 2.45) is 0 Å². The Hall–Kier alpha value is -2.25. The molecule has 4 atom stereocenters. The monoisotopic (exact) mass is 291 g/mol. The van der Waals surface area contributed by atoms with Crippen molar-refractivity contribution in [2.75, 3.05) is 12.3 Å². The molecule has 0 bridgehead atoms. The number of hydrogen-bond donors (Lipinski definition) is 4. The van der Waals surface area contributed by atoms with E-state index in [2.05, 4.69) is 10.1 Å². The van der Waals surface area contributed by atoms with E-state index in [1.165, 1.54) is 16.9 Å². The van der Waals surface area contributed by atoms with E-state index in [4.69, 9.17) is 10.5 Å². The summed E-state index contributed by atoms with van der Waals surface area (Å²) >= 11 is 0. The maximum absolute atomic E-state index is 10.2. The molecule has 21 heavy (non-hydrogen) atoms. The lowest BCUT2D eigenvalue weighted by Crippen LogP contribution is -2.40. The minimum absolute atomic E-state index is 0.205. The highest BCUT2D eigenvalue weighted by molar-refractivity contribution is 5.66. The fourth-order valence-corrected chi connectivity index (χ4v) is 2.56. The number of nitriles is 1. The SMILES string of the molecule is N#C[C@@]1(c2ccc3c(N)ncnn23)OC(CO)[C@@H](O)[C@H]1O. The highest BCUT2D eigenvalue weighted by Crippen LogP contribution is 2.40. The van der Waals surface area contributed by atoms with E-state index in [9.17, 15) is 20.6 Å². The van der Waals surface area contributed by atoms with Crippen LogP contribution in [0.15, 0.2) is 18.5 Å². The van der Waals surface area contributed by atoms with E-state index in [0.717, 1.165) is 0 Å². The van der Waals surface area contributed by atoms with Crippen LogP contribution in [-0.4, -0.2) is 54.8 Å². The zero-order valence-corrected chi connectivity index (χ0v) is 10.8. The van der Waals surface area contributed by atoms with Crippen LogP contribution < -0.4 is 5.73 Å². The van der Waals surface area contributed by atoms with Crippen LogP contribution in [0.1, 0.15) is 5.69 Å². The Balaban J connectivity index is 2.20. The first-order valence-corrected chi connectivity index (χ1v) is 6.20. The molecule has 1 unspecified atom stereocenters. The fraction of sp³-hybridized carbons (Fsp3) is 0.417. The summed E-state index contributed by atoms with van der Waals surface area (Å²) in [5.74, 6) is 0.205. The summed E-state index contributed by atoms with van der Waals surface area (Å²) in [6.45, 7) is -0.526. The maximum atomic E-state index is 10.2. The number of nitrogen functional groups attached to an aromatic ring is 1. The summed E-state index contributed by atoms with van der Waals surface area (Å²) in [5, 5.41) is 42.8. The number of nitrogens with two attached hydrogens (primary N) is 1. The Morgan fingerprint density at radius 1 is 1.48 bits per heavy atom. The Kier molecular flexibility index (Phi) is 3.03. The Morgan fingerprint density at radius 2 is 2.24 bits per heavy atom. The Labute approximate surface area is 118 Å². The molecule has 0 amide bonds. The van der Waals surface area contributed by atoms with E-state index in [-0.39, 0.29) is 11.5 Å². The number of ether oxygens (including phenoxy) is 1. The highest BCUT2D eigenvalue weighted by atomic mass is 16.6. The predicted molar refractivity (Wildman–Crippen MR) is 68.7 cm³/mol. The van der Waals surface area contributed by atoms with Gasteiger partial charge in [-0.2, -0.15) is 10.4 Å². The van der Waals surface area contributed by atoms with Gasteiger partial charge in [-0.05, 0) is 12.1 Å². The van der Waals surface area contributed by atoms with E-state index in [1.807, 2.05) is 6.07 Å². The Bertz CT molecular complexity index is 726. The van der Waals surface area contributed by atoms with Gasteiger partial charge in [0.2, 0.25) is 5.60 Å². The van der Waals surface area contributed by atoms with Crippen LogP contribution >= 0.6 is 0 Å². The van der Waals surface area contributed by atoms with Gasteiger partial charge in [0.25, 0.3) is 0 Å². The van der Waals surface area contributed by atoms with Gasteiger partial charge < -0.3 is 25.8 Å². The van der Waals surface area contributed by atoms with Crippen molar-refractivity contribution < 1.29 is 20.1 Å². The van der Waals surface area contributed by atoms with E-state index < -0.39 is 30.5 Å². The van der Waals surface area contributed by atoms with Crippen LogP contribution in [0.5, 0.6) is 0 Å². The van der Waals surface area contributed by atoms with Gasteiger partial charge in [-0.1, -0.05) is 0 Å². The topological polar surface area (TPSA) is 150 Å². The molecule has 0 radical (unpaired) electrons. The molecule has 2 aromatic rings. The van der Waals surface area contributed by atoms with Crippen molar-refractivity contribution in [3.05, 3.63) is 24.2 Å². The van der Waals surface area contributed by atoms with Gasteiger partial charge in [0, 0.05) is 0 Å². The molecule has 3 heterocycles. The van der Waals surface area contributed by atoms with Crippen LogP contribution in [0.2, 0.25) is 0 Å². The van der Waals surface area contributed by atoms with Crippen molar-refractivity contribution >= 4 is 11.3 Å².